The van der Waals surface area contributed by atoms with Crippen molar-refractivity contribution < 1.29 is 19.2 Å². The fourth-order valence-electron chi connectivity index (χ4n) is 2.75. The van der Waals surface area contributed by atoms with Gasteiger partial charge in [-0.15, -0.1) is 0 Å². The van der Waals surface area contributed by atoms with Crippen LogP contribution in [0.2, 0.25) is 0 Å². The second kappa shape index (κ2) is 6.47. The first-order chi connectivity index (χ1) is 12.4. The van der Waals surface area contributed by atoms with E-state index in [9.17, 15) is 14.9 Å². The van der Waals surface area contributed by atoms with Gasteiger partial charge in [-0.3, -0.25) is 19.5 Å². The Morgan fingerprint density at radius 2 is 1.69 bits per heavy atom. The predicted molar refractivity (Wildman–Crippen MR) is 95.1 cm³/mol. The maximum Gasteiger partial charge on any atom is 0.286 e. The molecule has 0 aliphatic rings. The molecule has 0 aliphatic heterocycles. The van der Waals surface area contributed by atoms with Crippen LogP contribution in [0.1, 0.15) is 21.5 Å². The number of nitro benzene ring substituents is 1. The number of carbonyl (C=O) groups is 1. The standard InChI is InChI=1S/C18H17N3O5/c1-10-5-13-15(6-11(10)2)20(9-19-13)18(22)12-7-16(25-3)17(26-4)8-14(12)21(23)24/h5-9H,1-4H3. The first-order valence-electron chi connectivity index (χ1n) is 7.76. The van der Waals surface area contributed by atoms with Gasteiger partial charge in [0, 0.05) is 6.07 Å². The normalized spacial score (nSPS) is 10.8. The van der Waals surface area contributed by atoms with E-state index < -0.39 is 10.8 Å². The molecule has 0 fully saturated rings. The van der Waals surface area contributed by atoms with Crippen molar-refractivity contribution in [3.05, 3.63) is 57.4 Å². The Kier molecular flexibility index (Phi) is 4.33. The number of aromatic nitrogens is 2. The van der Waals surface area contributed by atoms with E-state index in [-0.39, 0.29) is 22.7 Å². The van der Waals surface area contributed by atoms with Gasteiger partial charge in [-0.2, -0.15) is 0 Å². The monoisotopic (exact) mass is 355 g/mol. The van der Waals surface area contributed by atoms with Crippen molar-refractivity contribution in [3.8, 4) is 11.5 Å². The summed E-state index contributed by atoms with van der Waals surface area (Å²) in [6.45, 7) is 3.88. The molecule has 8 heteroatoms. The van der Waals surface area contributed by atoms with Crippen molar-refractivity contribution >= 4 is 22.6 Å². The van der Waals surface area contributed by atoms with Crippen LogP contribution in [0.25, 0.3) is 11.0 Å². The van der Waals surface area contributed by atoms with Crippen molar-refractivity contribution in [2.24, 2.45) is 0 Å². The van der Waals surface area contributed by atoms with Gasteiger partial charge in [0.05, 0.1) is 36.2 Å². The Hall–Kier alpha value is -3.42. The second-order valence-electron chi connectivity index (χ2n) is 5.83. The largest absolute Gasteiger partial charge is 0.493 e. The lowest BCUT2D eigenvalue weighted by atomic mass is 10.1. The summed E-state index contributed by atoms with van der Waals surface area (Å²) in [4.78, 5) is 28.1. The Bertz CT molecular complexity index is 1040. The highest BCUT2D eigenvalue weighted by Crippen LogP contribution is 2.35. The van der Waals surface area contributed by atoms with Crippen LogP contribution in [0, 0.1) is 24.0 Å². The lowest BCUT2D eigenvalue weighted by Crippen LogP contribution is -2.13. The topological polar surface area (TPSA) is 96.5 Å². The van der Waals surface area contributed by atoms with Crippen LogP contribution in [0.4, 0.5) is 5.69 Å². The number of carbonyl (C=O) groups excluding carboxylic acids is 1. The molecule has 3 rings (SSSR count). The number of nitrogens with zero attached hydrogens (tertiary/aromatic N) is 3. The molecule has 0 aliphatic carbocycles. The van der Waals surface area contributed by atoms with Crippen molar-refractivity contribution in [2.45, 2.75) is 13.8 Å². The molecule has 0 spiro atoms. The summed E-state index contributed by atoms with van der Waals surface area (Å²) in [5.41, 5.74) is 2.80. The zero-order valence-corrected chi connectivity index (χ0v) is 14.8. The van der Waals surface area contributed by atoms with Crippen molar-refractivity contribution in [1.29, 1.82) is 0 Å². The minimum atomic E-state index is -0.621. The molecule has 2 aromatic carbocycles. The molecule has 8 nitrogen and oxygen atoms in total. The van der Waals surface area contributed by atoms with Crippen molar-refractivity contribution in [2.75, 3.05) is 14.2 Å². The zero-order valence-electron chi connectivity index (χ0n) is 14.8. The first-order valence-corrected chi connectivity index (χ1v) is 7.76. The number of nitro groups is 1. The molecule has 134 valence electrons. The molecule has 3 aromatic rings. The van der Waals surface area contributed by atoms with E-state index in [0.717, 1.165) is 11.1 Å². The first kappa shape index (κ1) is 17.4. The number of aryl methyl sites for hydroxylation is 2. The highest BCUT2D eigenvalue weighted by molar-refractivity contribution is 6.04. The van der Waals surface area contributed by atoms with Crippen molar-refractivity contribution in [1.82, 2.24) is 9.55 Å². The molecule has 1 heterocycles. The average Bonchev–Trinajstić information content (AvgIpc) is 3.02. The molecule has 0 N–H and O–H groups in total. The number of hydrogen-bond acceptors (Lipinski definition) is 6. The number of ether oxygens (including phenoxy) is 2. The van der Waals surface area contributed by atoms with Crippen LogP contribution < -0.4 is 9.47 Å². The predicted octanol–water partition coefficient (Wildman–Crippen LogP) is 3.27. The van der Waals surface area contributed by atoms with Crippen LogP contribution in [0.3, 0.4) is 0 Å². The van der Waals surface area contributed by atoms with Gasteiger partial charge >= 0.3 is 0 Å². The molecule has 0 saturated heterocycles. The molecule has 26 heavy (non-hydrogen) atoms. The van der Waals surface area contributed by atoms with Gasteiger partial charge in [0.2, 0.25) is 0 Å². The number of hydrogen-bond donors (Lipinski definition) is 0. The summed E-state index contributed by atoms with van der Waals surface area (Å²) in [6, 6.07) is 6.20. The lowest BCUT2D eigenvalue weighted by Gasteiger charge is -2.11. The number of fused-ring (bicyclic) bond motifs is 1. The smallest absolute Gasteiger partial charge is 0.286 e. The molecule has 0 radical (unpaired) electrons. The molecule has 0 atom stereocenters. The molecule has 0 amide bonds. The van der Waals surface area contributed by atoms with Crippen LogP contribution in [-0.2, 0) is 0 Å². The van der Waals surface area contributed by atoms with E-state index in [1.807, 2.05) is 26.0 Å². The van der Waals surface area contributed by atoms with Crippen molar-refractivity contribution in [3.63, 3.8) is 0 Å². The summed E-state index contributed by atoms with van der Waals surface area (Å²) in [5, 5.41) is 11.5. The number of methoxy groups -OCH3 is 2. The number of rotatable bonds is 4. The average molecular weight is 355 g/mol. The summed E-state index contributed by atoms with van der Waals surface area (Å²) in [6.07, 6.45) is 1.37. The Balaban J connectivity index is 2.22. The van der Waals surface area contributed by atoms with E-state index in [4.69, 9.17) is 9.47 Å². The van der Waals surface area contributed by atoms with E-state index in [0.29, 0.717) is 11.0 Å². The summed E-state index contributed by atoms with van der Waals surface area (Å²) in [7, 11) is 2.77. The molecular weight excluding hydrogens is 338 g/mol. The summed E-state index contributed by atoms with van der Waals surface area (Å²) >= 11 is 0. The molecule has 1 aromatic heterocycles. The Morgan fingerprint density at radius 3 is 2.31 bits per heavy atom. The fourth-order valence-corrected chi connectivity index (χ4v) is 2.75. The lowest BCUT2D eigenvalue weighted by molar-refractivity contribution is -0.385. The van der Waals surface area contributed by atoms with Gasteiger partial charge in [-0.05, 0) is 37.1 Å². The van der Waals surface area contributed by atoms with Gasteiger partial charge < -0.3 is 9.47 Å². The van der Waals surface area contributed by atoms with Crippen LogP contribution >= 0.6 is 0 Å². The third-order valence-electron chi connectivity index (χ3n) is 4.31. The molecular formula is C18H17N3O5. The molecule has 0 saturated carbocycles. The summed E-state index contributed by atoms with van der Waals surface area (Å²) < 4.78 is 11.6. The minimum Gasteiger partial charge on any atom is -0.493 e. The quantitative estimate of drug-likeness (QED) is 0.526. The fraction of sp³-hybridized carbons (Fsp3) is 0.222. The number of benzene rings is 2. The maximum atomic E-state index is 13.0. The van der Waals surface area contributed by atoms with E-state index in [2.05, 4.69) is 4.98 Å². The number of imidazole rings is 1. The third kappa shape index (κ3) is 2.75. The highest BCUT2D eigenvalue weighted by atomic mass is 16.6. The second-order valence-corrected chi connectivity index (χ2v) is 5.83. The molecule has 0 bridgehead atoms. The van der Waals surface area contributed by atoms with Crippen LogP contribution in [0.5, 0.6) is 11.5 Å². The molecule has 0 unspecified atom stereocenters. The van der Waals surface area contributed by atoms with E-state index in [1.165, 1.54) is 37.2 Å². The van der Waals surface area contributed by atoms with Crippen LogP contribution in [0.15, 0.2) is 30.6 Å². The van der Waals surface area contributed by atoms with Gasteiger partial charge in [-0.1, -0.05) is 0 Å². The Labute approximate surface area is 149 Å². The van der Waals surface area contributed by atoms with Crippen LogP contribution in [-0.4, -0.2) is 34.6 Å². The van der Waals surface area contributed by atoms with Gasteiger partial charge in [0.1, 0.15) is 11.9 Å². The maximum absolute atomic E-state index is 13.0. The van der Waals surface area contributed by atoms with Gasteiger partial charge in [-0.25, -0.2) is 4.98 Å². The minimum absolute atomic E-state index is 0.106. The third-order valence-corrected chi connectivity index (χ3v) is 4.31. The van der Waals surface area contributed by atoms with E-state index in [1.54, 1.807) is 0 Å². The SMILES string of the molecule is COc1cc(C(=O)n2cnc3cc(C)c(C)cc32)c([N+](=O)[O-])cc1OC. The highest BCUT2D eigenvalue weighted by Gasteiger charge is 2.26. The van der Waals surface area contributed by atoms with E-state index >= 15 is 0 Å². The Morgan fingerprint density at radius 1 is 1.08 bits per heavy atom. The van der Waals surface area contributed by atoms with Gasteiger partial charge in [0.25, 0.3) is 11.6 Å². The zero-order chi connectivity index (χ0) is 19.0. The van der Waals surface area contributed by atoms with Gasteiger partial charge in [0.15, 0.2) is 11.5 Å². The summed E-state index contributed by atoms with van der Waals surface area (Å²) in [5.74, 6) is -0.154.